The number of aryl methyl sites for hydroxylation is 1. The molecule has 7 nitrogen and oxygen atoms in total. The van der Waals surface area contributed by atoms with E-state index in [9.17, 15) is 22.8 Å². The molecule has 0 radical (unpaired) electrons. The van der Waals surface area contributed by atoms with E-state index in [2.05, 4.69) is 21.3 Å². The Balaban J connectivity index is 1.66. The van der Waals surface area contributed by atoms with Gasteiger partial charge in [0.15, 0.2) is 5.65 Å². The minimum absolute atomic E-state index is 0.0363. The summed E-state index contributed by atoms with van der Waals surface area (Å²) in [6.45, 7) is 3.42. The SMILES string of the molecule is Cc1nn2cccnc2c1C(=O)NC(C)c1cc2cccc(C#CC(F)(F)F)c2c(=O)n1-c1ccccc1. The molecule has 3 heterocycles. The quantitative estimate of drug-likeness (QED) is 0.351. The first-order valence-electron chi connectivity index (χ1n) is 11.6. The number of halogens is 3. The van der Waals surface area contributed by atoms with E-state index in [1.54, 1.807) is 74.8 Å². The monoisotopic (exact) mass is 515 g/mol. The number of rotatable bonds is 4. The fourth-order valence-corrected chi connectivity index (χ4v) is 4.39. The maximum absolute atomic E-state index is 13.8. The molecule has 0 aliphatic carbocycles. The highest BCUT2D eigenvalue weighted by molar-refractivity contribution is 6.01. The molecular formula is C28H20F3N5O2. The van der Waals surface area contributed by atoms with E-state index in [-0.39, 0.29) is 10.9 Å². The number of alkyl halides is 3. The predicted octanol–water partition coefficient (Wildman–Crippen LogP) is 4.75. The Kier molecular flexibility index (Phi) is 6.20. The zero-order valence-electron chi connectivity index (χ0n) is 20.2. The standard InChI is InChI=1S/C28H20F3N5O2/c1-17(33-26(37)23-18(2)34-35-15-7-14-32-25(23)35)22-16-20-9-6-8-19(12-13-28(29,30)31)24(20)27(38)36(22)21-10-4-3-5-11-21/h3-11,14-17H,1-2H3,(H,33,37). The Bertz CT molecular complexity index is 1810. The number of pyridine rings is 1. The molecule has 0 fully saturated rings. The Morgan fingerprint density at radius 2 is 1.84 bits per heavy atom. The molecule has 38 heavy (non-hydrogen) atoms. The van der Waals surface area contributed by atoms with Crippen molar-refractivity contribution in [3.63, 3.8) is 0 Å². The summed E-state index contributed by atoms with van der Waals surface area (Å²) in [5.41, 5.74) is 1.52. The van der Waals surface area contributed by atoms with Crippen molar-refractivity contribution in [2.45, 2.75) is 26.1 Å². The molecule has 5 aromatic rings. The summed E-state index contributed by atoms with van der Waals surface area (Å²) in [5, 5.41) is 7.71. The third-order valence-electron chi connectivity index (χ3n) is 6.02. The van der Waals surface area contributed by atoms with Crippen LogP contribution in [0, 0.1) is 18.8 Å². The number of fused-ring (bicyclic) bond motifs is 2. The molecule has 1 amide bonds. The summed E-state index contributed by atoms with van der Waals surface area (Å²) in [6, 6.07) is 15.9. The zero-order valence-corrected chi connectivity index (χ0v) is 20.2. The van der Waals surface area contributed by atoms with Crippen LogP contribution in [0.5, 0.6) is 0 Å². The lowest BCUT2D eigenvalue weighted by molar-refractivity contribution is -0.0696. The van der Waals surface area contributed by atoms with Gasteiger partial charge in [-0.15, -0.1) is 0 Å². The van der Waals surface area contributed by atoms with Gasteiger partial charge in [0.05, 0.1) is 17.1 Å². The number of benzene rings is 2. The average Bonchev–Trinajstić information content (AvgIpc) is 3.23. The van der Waals surface area contributed by atoms with Crippen molar-refractivity contribution in [2.24, 2.45) is 0 Å². The van der Waals surface area contributed by atoms with E-state index in [0.29, 0.717) is 33.7 Å². The lowest BCUT2D eigenvalue weighted by Gasteiger charge is -2.21. The van der Waals surface area contributed by atoms with E-state index in [0.717, 1.165) is 0 Å². The van der Waals surface area contributed by atoms with Gasteiger partial charge in [-0.1, -0.05) is 36.3 Å². The van der Waals surface area contributed by atoms with Crippen LogP contribution in [0.25, 0.3) is 22.1 Å². The smallest absolute Gasteiger partial charge is 0.344 e. The van der Waals surface area contributed by atoms with Crippen LogP contribution in [0.3, 0.4) is 0 Å². The summed E-state index contributed by atoms with van der Waals surface area (Å²) in [7, 11) is 0. The van der Waals surface area contributed by atoms with Gasteiger partial charge in [-0.25, -0.2) is 9.50 Å². The highest BCUT2D eigenvalue weighted by Gasteiger charge is 2.25. The molecule has 0 bridgehead atoms. The number of amides is 1. The molecule has 190 valence electrons. The topological polar surface area (TPSA) is 81.3 Å². The second-order valence-electron chi connectivity index (χ2n) is 8.61. The number of carbonyl (C=O) groups is 1. The van der Waals surface area contributed by atoms with Crippen molar-refractivity contribution < 1.29 is 18.0 Å². The largest absolute Gasteiger partial charge is 0.458 e. The Labute approximate surface area is 214 Å². The molecule has 10 heteroatoms. The van der Waals surface area contributed by atoms with Crippen LogP contribution in [0.2, 0.25) is 0 Å². The van der Waals surface area contributed by atoms with E-state index in [1.165, 1.54) is 27.1 Å². The van der Waals surface area contributed by atoms with Gasteiger partial charge in [0.25, 0.3) is 11.5 Å². The van der Waals surface area contributed by atoms with Gasteiger partial charge in [0, 0.05) is 35.3 Å². The molecule has 1 atom stereocenters. The number of carbonyl (C=O) groups excluding carboxylic acids is 1. The van der Waals surface area contributed by atoms with Gasteiger partial charge >= 0.3 is 6.18 Å². The highest BCUT2D eigenvalue weighted by Crippen LogP contribution is 2.24. The van der Waals surface area contributed by atoms with Crippen LogP contribution in [0.15, 0.2) is 77.9 Å². The van der Waals surface area contributed by atoms with Gasteiger partial charge in [0.2, 0.25) is 0 Å². The molecular weight excluding hydrogens is 495 g/mol. The Morgan fingerprint density at radius 3 is 2.58 bits per heavy atom. The lowest BCUT2D eigenvalue weighted by atomic mass is 10.0. The van der Waals surface area contributed by atoms with Gasteiger partial charge < -0.3 is 5.32 Å². The Hall–Kier alpha value is -4.91. The average molecular weight is 515 g/mol. The number of para-hydroxylation sites is 1. The van der Waals surface area contributed by atoms with Crippen molar-refractivity contribution in [1.82, 2.24) is 24.5 Å². The fraction of sp³-hybridized carbons (Fsp3) is 0.143. The fourth-order valence-electron chi connectivity index (χ4n) is 4.39. The number of hydrogen-bond acceptors (Lipinski definition) is 4. The minimum atomic E-state index is -4.70. The second-order valence-corrected chi connectivity index (χ2v) is 8.61. The van der Waals surface area contributed by atoms with E-state index < -0.39 is 23.7 Å². The molecule has 0 saturated heterocycles. The number of hydrogen-bond donors (Lipinski definition) is 1. The van der Waals surface area contributed by atoms with E-state index in [4.69, 9.17) is 0 Å². The van der Waals surface area contributed by atoms with Crippen LogP contribution >= 0.6 is 0 Å². The van der Waals surface area contributed by atoms with Crippen molar-refractivity contribution in [3.05, 3.63) is 106 Å². The molecule has 0 saturated carbocycles. The normalized spacial score (nSPS) is 12.2. The summed E-state index contributed by atoms with van der Waals surface area (Å²) in [6.07, 6.45) is -1.46. The van der Waals surface area contributed by atoms with Crippen LogP contribution in [0.1, 0.15) is 40.3 Å². The summed E-state index contributed by atoms with van der Waals surface area (Å²) in [4.78, 5) is 31.4. The molecule has 0 spiro atoms. The van der Waals surface area contributed by atoms with E-state index in [1.807, 2.05) is 0 Å². The predicted molar refractivity (Wildman–Crippen MR) is 136 cm³/mol. The summed E-state index contributed by atoms with van der Waals surface area (Å²) < 4.78 is 41.3. The third kappa shape index (κ3) is 4.62. The van der Waals surface area contributed by atoms with Crippen LogP contribution in [-0.2, 0) is 0 Å². The van der Waals surface area contributed by atoms with Crippen molar-refractivity contribution in [2.75, 3.05) is 0 Å². The molecule has 0 aliphatic heterocycles. The lowest BCUT2D eigenvalue weighted by Crippen LogP contribution is -2.32. The highest BCUT2D eigenvalue weighted by atomic mass is 19.4. The third-order valence-corrected chi connectivity index (χ3v) is 6.02. The van der Waals surface area contributed by atoms with Crippen LogP contribution in [0.4, 0.5) is 13.2 Å². The van der Waals surface area contributed by atoms with Crippen LogP contribution < -0.4 is 10.9 Å². The minimum Gasteiger partial charge on any atom is -0.344 e. The second kappa shape index (κ2) is 9.52. The van der Waals surface area contributed by atoms with Crippen LogP contribution in [-0.4, -0.2) is 31.2 Å². The number of aromatic nitrogens is 4. The molecule has 1 unspecified atom stereocenters. The van der Waals surface area contributed by atoms with Crippen molar-refractivity contribution >= 4 is 22.3 Å². The molecule has 0 aliphatic rings. The molecule has 2 aromatic carbocycles. The first kappa shape index (κ1) is 24.8. The van der Waals surface area contributed by atoms with Gasteiger partial charge in [0.1, 0.15) is 5.56 Å². The maximum Gasteiger partial charge on any atom is 0.458 e. The summed E-state index contributed by atoms with van der Waals surface area (Å²) >= 11 is 0. The van der Waals surface area contributed by atoms with Crippen molar-refractivity contribution in [3.8, 4) is 17.5 Å². The number of nitrogens with zero attached hydrogens (tertiary/aromatic N) is 4. The zero-order chi connectivity index (χ0) is 27.0. The van der Waals surface area contributed by atoms with Gasteiger partial charge in [-0.05, 0) is 49.6 Å². The molecule has 5 rings (SSSR count). The van der Waals surface area contributed by atoms with Gasteiger partial charge in [-0.3, -0.25) is 14.2 Å². The number of nitrogens with one attached hydrogen (secondary N) is 1. The first-order valence-corrected chi connectivity index (χ1v) is 11.6. The van der Waals surface area contributed by atoms with Gasteiger partial charge in [-0.2, -0.15) is 18.3 Å². The first-order chi connectivity index (χ1) is 18.1. The summed E-state index contributed by atoms with van der Waals surface area (Å²) in [5.74, 6) is 2.91. The Morgan fingerprint density at radius 1 is 1.08 bits per heavy atom. The maximum atomic E-state index is 13.8. The molecule has 3 aromatic heterocycles. The van der Waals surface area contributed by atoms with E-state index >= 15 is 0 Å². The molecule has 1 N–H and O–H groups in total. The van der Waals surface area contributed by atoms with Crippen molar-refractivity contribution in [1.29, 1.82) is 0 Å².